The van der Waals surface area contributed by atoms with Gasteiger partial charge in [-0.15, -0.1) is 0 Å². The first-order valence-corrected chi connectivity index (χ1v) is 10.8. The van der Waals surface area contributed by atoms with Gasteiger partial charge in [0.2, 0.25) is 11.7 Å². The lowest BCUT2D eigenvalue weighted by Gasteiger charge is -2.37. The number of hydrogen-bond donors (Lipinski definition) is 2. The van der Waals surface area contributed by atoms with Crippen molar-refractivity contribution in [3.05, 3.63) is 53.9 Å². The molecule has 0 fully saturated rings. The molecule has 2 heterocycles. The van der Waals surface area contributed by atoms with Gasteiger partial charge in [-0.3, -0.25) is 19.4 Å². The predicted octanol–water partition coefficient (Wildman–Crippen LogP) is 2.40. The van der Waals surface area contributed by atoms with Crippen LogP contribution in [0.5, 0.6) is 0 Å². The highest BCUT2D eigenvalue weighted by Gasteiger charge is 2.44. The molecule has 0 spiro atoms. The van der Waals surface area contributed by atoms with Crippen molar-refractivity contribution >= 4 is 17.8 Å². The van der Waals surface area contributed by atoms with Crippen LogP contribution in [0.25, 0.3) is 11.1 Å². The molecule has 9 nitrogen and oxygen atoms in total. The Morgan fingerprint density at radius 3 is 2.56 bits per heavy atom. The first-order chi connectivity index (χ1) is 16.3. The van der Waals surface area contributed by atoms with E-state index in [1.165, 1.54) is 19.1 Å². The number of carbonyl (C=O) groups is 3. The lowest BCUT2D eigenvalue weighted by atomic mass is 10.0. The second-order valence-electron chi connectivity index (χ2n) is 7.98. The minimum absolute atomic E-state index is 0.222. The smallest absolute Gasteiger partial charge is 0.305 e. The summed E-state index contributed by atoms with van der Waals surface area (Å²) in [6, 6.07) is 6.99. The fourth-order valence-electron chi connectivity index (χ4n) is 4.16. The Morgan fingerprint density at radius 1 is 1.26 bits per heavy atom. The fraction of sp³-hybridized carbons (Fsp3) is 0.417. The summed E-state index contributed by atoms with van der Waals surface area (Å²) < 4.78 is 24.0. The van der Waals surface area contributed by atoms with Gasteiger partial charge in [0, 0.05) is 44.3 Å². The van der Waals surface area contributed by atoms with Crippen LogP contribution in [0.2, 0.25) is 0 Å². The maximum absolute atomic E-state index is 13.8. The Balaban J connectivity index is 1.83. The number of alkyl halides is 1. The van der Waals surface area contributed by atoms with Crippen molar-refractivity contribution in [1.82, 2.24) is 15.2 Å². The fourth-order valence-corrected chi connectivity index (χ4v) is 4.16. The van der Waals surface area contributed by atoms with E-state index in [4.69, 9.17) is 9.47 Å². The molecule has 0 bridgehead atoms. The summed E-state index contributed by atoms with van der Waals surface area (Å²) >= 11 is 0. The van der Waals surface area contributed by atoms with Gasteiger partial charge in [-0.25, -0.2) is 4.39 Å². The molecule has 10 heteroatoms. The molecule has 2 atom stereocenters. The highest BCUT2D eigenvalue weighted by Crippen LogP contribution is 2.30. The molecule has 1 aliphatic rings. The van der Waals surface area contributed by atoms with Crippen molar-refractivity contribution in [3.8, 4) is 11.1 Å². The number of aromatic nitrogens is 1. The van der Waals surface area contributed by atoms with Crippen LogP contribution in [0, 0.1) is 0 Å². The number of nitrogens with zero attached hydrogens (tertiary/aromatic N) is 2. The van der Waals surface area contributed by atoms with Crippen molar-refractivity contribution in [3.63, 3.8) is 0 Å². The average molecular weight is 474 g/mol. The summed E-state index contributed by atoms with van der Waals surface area (Å²) in [7, 11) is 2.34. The molecule has 2 amide bonds. The largest absolute Gasteiger partial charge is 0.481 e. The van der Waals surface area contributed by atoms with Gasteiger partial charge in [-0.1, -0.05) is 25.1 Å². The second kappa shape index (κ2) is 10.7. The molecule has 0 saturated heterocycles. The summed E-state index contributed by atoms with van der Waals surface area (Å²) in [5.74, 6) is -4.16. The van der Waals surface area contributed by atoms with Gasteiger partial charge in [0.15, 0.2) is 0 Å². The molecule has 34 heavy (non-hydrogen) atoms. The normalized spacial score (nSPS) is 15.1. The molecular weight excluding hydrogens is 445 g/mol. The van der Waals surface area contributed by atoms with Crippen LogP contribution in [0.15, 0.2) is 42.7 Å². The highest BCUT2D eigenvalue weighted by atomic mass is 19.1. The Morgan fingerprint density at radius 2 is 2.00 bits per heavy atom. The predicted molar refractivity (Wildman–Crippen MR) is 121 cm³/mol. The van der Waals surface area contributed by atoms with E-state index in [2.05, 4.69) is 10.3 Å². The van der Waals surface area contributed by atoms with Gasteiger partial charge >= 0.3 is 5.97 Å². The molecule has 0 saturated carbocycles. The van der Waals surface area contributed by atoms with Crippen LogP contribution in [-0.4, -0.2) is 71.5 Å². The van der Waals surface area contributed by atoms with Crippen LogP contribution in [0.1, 0.15) is 35.7 Å². The summed E-state index contributed by atoms with van der Waals surface area (Å²) in [6.45, 7) is 0.781. The minimum atomic E-state index is -1.97. The topological polar surface area (TPSA) is 118 Å². The summed E-state index contributed by atoms with van der Waals surface area (Å²) in [5.41, 5.74) is 2.95. The third-order valence-electron chi connectivity index (χ3n) is 6.11. The average Bonchev–Trinajstić information content (AvgIpc) is 3.16. The van der Waals surface area contributed by atoms with Gasteiger partial charge in [0.25, 0.3) is 5.91 Å². The van der Waals surface area contributed by atoms with Crippen LogP contribution in [-0.2, 0) is 25.6 Å². The van der Waals surface area contributed by atoms with Crippen molar-refractivity contribution in [2.24, 2.45) is 0 Å². The number of methoxy groups -OCH3 is 2. The number of aliphatic carboxylic acids is 1. The zero-order valence-corrected chi connectivity index (χ0v) is 19.3. The summed E-state index contributed by atoms with van der Waals surface area (Å²) in [4.78, 5) is 43.3. The number of hydrogen-bond acceptors (Lipinski definition) is 6. The number of ether oxygens (including phenoxy) is 2. The zero-order chi connectivity index (χ0) is 24.9. The molecular formula is C24H28FN3O6. The number of carboxylic acid groups (broad SMARTS) is 1. The third-order valence-corrected chi connectivity index (χ3v) is 6.11. The van der Waals surface area contributed by atoms with E-state index in [1.54, 1.807) is 31.5 Å². The first-order valence-electron chi connectivity index (χ1n) is 10.8. The van der Waals surface area contributed by atoms with E-state index >= 15 is 0 Å². The molecule has 2 unspecified atom stereocenters. The highest BCUT2D eigenvalue weighted by molar-refractivity contribution is 6.02. The van der Waals surface area contributed by atoms with Crippen molar-refractivity contribution in [2.75, 3.05) is 20.9 Å². The third kappa shape index (κ3) is 4.92. The van der Waals surface area contributed by atoms with Crippen LogP contribution >= 0.6 is 0 Å². The molecule has 0 radical (unpaired) electrons. The number of benzene rings is 1. The molecule has 2 N–H and O–H groups in total. The lowest BCUT2D eigenvalue weighted by molar-refractivity contribution is -0.234. The molecule has 0 aliphatic carbocycles. The van der Waals surface area contributed by atoms with Crippen molar-refractivity contribution < 1.29 is 33.4 Å². The first kappa shape index (κ1) is 25.3. The summed E-state index contributed by atoms with van der Waals surface area (Å²) in [6.07, 6.45) is 3.00. The molecule has 1 aromatic carbocycles. The van der Waals surface area contributed by atoms with E-state index in [0.29, 0.717) is 5.56 Å². The summed E-state index contributed by atoms with van der Waals surface area (Å²) in [5, 5.41) is 11.8. The van der Waals surface area contributed by atoms with E-state index in [1.807, 2.05) is 18.2 Å². The van der Waals surface area contributed by atoms with Crippen molar-refractivity contribution in [1.29, 1.82) is 0 Å². The number of halogens is 1. The number of carbonyl (C=O) groups excluding carboxylic acids is 2. The standard InChI is InChI=1S/C24H28FN3O6/c1-4-19(22(31)27-20(11-21(29)30)24(14-25,33-2)34-3)28-13-17-8-7-15(10-18(17)23(28)32)16-6-5-9-26-12-16/h5-10,12,19-20H,4,11,13-14H2,1-3H3,(H,27,31)(H,29,30). The van der Waals surface area contributed by atoms with Crippen molar-refractivity contribution in [2.45, 2.75) is 44.2 Å². The molecule has 1 aliphatic heterocycles. The molecule has 1 aromatic heterocycles. The van der Waals surface area contributed by atoms with E-state index in [-0.39, 0.29) is 18.9 Å². The van der Waals surface area contributed by atoms with Gasteiger partial charge in [-0.2, -0.15) is 0 Å². The van der Waals surface area contributed by atoms with E-state index < -0.39 is 42.8 Å². The lowest BCUT2D eigenvalue weighted by Crippen LogP contribution is -2.60. The van der Waals surface area contributed by atoms with Gasteiger partial charge in [-0.05, 0) is 29.7 Å². The molecule has 182 valence electrons. The Labute approximate surface area is 196 Å². The maximum atomic E-state index is 13.8. The van der Waals surface area contributed by atoms with Crippen LogP contribution in [0.4, 0.5) is 4.39 Å². The number of nitrogens with one attached hydrogen (secondary N) is 1. The Kier molecular flexibility index (Phi) is 7.95. The Hall–Kier alpha value is -3.37. The monoisotopic (exact) mass is 473 g/mol. The van der Waals surface area contributed by atoms with Gasteiger partial charge in [0.1, 0.15) is 12.7 Å². The van der Waals surface area contributed by atoms with Crippen LogP contribution < -0.4 is 5.32 Å². The minimum Gasteiger partial charge on any atom is -0.481 e. The maximum Gasteiger partial charge on any atom is 0.305 e. The van der Waals surface area contributed by atoms with E-state index in [0.717, 1.165) is 16.7 Å². The van der Waals surface area contributed by atoms with Gasteiger partial charge in [0.05, 0.1) is 12.5 Å². The second-order valence-corrected chi connectivity index (χ2v) is 7.98. The quantitative estimate of drug-likeness (QED) is 0.481. The SMILES string of the molecule is CCC(C(=O)NC(CC(=O)O)C(CF)(OC)OC)N1Cc2ccc(-c3cccnc3)cc2C1=O. The molecule has 3 rings (SSSR count). The number of rotatable bonds is 11. The number of carboxylic acids is 1. The molecule has 2 aromatic rings. The number of pyridine rings is 1. The number of amides is 2. The number of fused-ring (bicyclic) bond motifs is 1. The zero-order valence-electron chi connectivity index (χ0n) is 19.3. The van der Waals surface area contributed by atoms with Crippen LogP contribution in [0.3, 0.4) is 0 Å². The van der Waals surface area contributed by atoms with Gasteiger partial charge < -0.3 is 24.8 Å². The van der Waals surface area contributed by atoms with E-state index in [9.17, 15) is 23.9 Å². The Bertz CT molecular complexity index is 1040.